The minimum atomic E-state index is -3.88. The molecule has 0 N–H and O–H groups in total. The highest BCUT2D eigenvalue weighted by Gasteiger charge is 2.39. The molecular weight excluding hydrogens is 400 g/mol. The van der Waals surface area contributed by atoms with Crippen molar-refractivity contribution in [3.63, 3.8) is 0 Å². The van der Waals surface area contributed by atoms with Crippen LogP contribution in [0.1, 0.15) is 29.5 Å². The van der Waals surface area contributed by atoms with Gasteiger partial charge in [-0.3, -0.25) is 9.97 Å². The van der Waals surface area contributed by atoms with Gasteiger partial charge < -0.3 is 4.42 Å². The summed E-state index contributed by atoms with van der Waals surface area (Å²) in [6.07, 6.45) is 3.59. The van der Waals surface area contributed by atoms with Gasteiger partial charge in [0.15, 0.2) is 0 Å². The number of furan rings is 1. The standard InChI is InChI=1S/C22H18N4O3S/c1-15-10-11-21(29-15)19-14-20(17-8-5-9-18-22(17)24-13-12-23-18)26(25-19)30(27,28)16-6-3-2-4-7-16/h2-13,20H,14H2,1H3. The van der Waals surface area contributed by atoms with Gasteiger partial charge in [0.1, 0.15) is 17.2 Å². The summed E-state index contributed by atoms with van der Waals surface area (Å²) < 4.78 is 33.9. The first-order chi connectivity index (χ1) is 14.5. The lowest BCUT2D eigenvalue weighted by molar-refractivity contribution is 0.373. The maximum atomic E-state index is 13.5. The molecule has 2 aromatic heterocycles. The van der Waals surface area contributed by atoms with E-state index >= 15 is 0 Å². The third-order valence-corrected chi connectivity index (χ3v) is 6.77. The van der Waals surface area contributed by atoms with E-state index in [0.717, 1.165) is 11.3 Å². The van der Waals surface area contributed by atoms with Crippen molar-refractivity contribution in [3.05, 3.63) is 90.1 Å². The molecule has 1 aliphatic heterocycles. The summed E-state index contributed by atoms with van der Waals surface area (Å²) in [5.74, 6) is 1.30. The van der Waals surface area contributed by atoms with Crippen molar-refractivity contribution in [1.82, 2.24) is 14.4 Å². The molecule has 1 aliphatic rings. The zero-order chi connectivity index (χ0) is 20.7. The fourth-order valence-electron chi connectivity index (χ4n) is 3.66. The molecule has 0 aliphatic carbocycles. The van der Waals surface area contributed by atoms with Crippen LogP contribution in [0.4, 0.5) is 0 Å². The Hall–Kier alpha value is -3.52. The Morgan fingerprint density at radius 3 is 2.53 bits per heavy atom. The lowest BCUT2D eigenvalue weighted by atomic mass is 10.0. The van der Waals surface area contributed by atoms with Crippen LogP contribution < -0.4 is 0 Å². The third-order valence-electron chi connectivity index (χ3n) is 5.07. The Bertz CT molecular complexity index is 1360. The summed E-state index contributed by atoms with van der Waals surface area (Å²) in [7, 11) is -3.88. The Kier molecular flexibility index (Phi) is 4.36. The fourth-order valence-corrected chi connectivity index (χ4v) is 5.11. The van der Waals surface area contributed by atoms with Crippen LogP contribution in [-0.4, -0.2) is 28.5 Å². The molecule has 0 saturated carbocycles. The summed E-state index contributed by atoms with van der Waals surface area (Å²) in [6, 6.07) is 17.0. The second-order valence-corrected chi connectivity index (χ2v) is 8.83. The lowest BCUT2D eigenvalue weighted by Gasteiger charge is -2.24. The number of aryl methyl sites for hydroxylation is 1. The molecule has 2 aromatic carbocycles. The molecule has 0 saturated heterocycles. The SMILES string of the molecule is Cc1ccc(C2=NN(S(=O)(=O)c3ccccc3)C(c3cccc4nccnc34)C2)o1. The van der Waals surface area contributed by atoms with E-state index in [2.05, 4.69) is 15.1 Å². The number of benzene rings is 2. The van der Waals surface area contributed by atoms with Gasteiger partial charge in [0.05, 0.1) is 22.0 Å². The van der Waals surface area contributed by atoms with Crippen molar-refractivity contribution in [2.45, 2.75) is 24.3 Å². The van der Waals surface area contributed by atoms with Gasteiger partial charge in [-0.25, -0.2) is 0 Å². The minimum absolute atomic E-state index is 0.182. The van der Waals surface area contributed by atoms with Gasteiger partial charge in [-0.1, -0.05) is 30.3 Å². The number of aromatic nitrogens is 2. The van der Waals surface area contributed by atoms with Crippen LogP contribution in [-0.2, 0) is 10.0 Å². The Morgan fingerprint density at radius 1 is 0.967 bits per heavy atom. The van der Waals surface area contributed by atoms with Gasteiger partial charge in [-0.15, -0.1) is 0 Å². The van der Waals surface area contributed by atoms with E-state index in [1.165, 1.54) is 4.41 Å². The second kappa shape index (κ2) is 7.07. The molecule has 0 fully saturated rings. The average molecular weight is 418 g/mol. The highest BCUT2D eigenvalue weighted by Crippen LogP contribution is 2.39. The molecule has 0 radical (unpaired) electrons. The zero-order valence-corrected chi connectivity index (χ0v) is 17.0. The molecule has 0 spiro atoms. The number of hydrogen-bond acceptors (Lipinski definition) is 6. The fraction of sp³-hybridized carbons (Fsp3) is 0.136. The van der Waals surface area contributed by atoms with Crippen molar-refractivity contribution < 1.29 is 12.8 Å². The predicted molar refractivity (Wildman–Crippen MR) is 112 cm³/mol. The quantitative estimate of drug-likeness (QED) is 0.498. The summed E-state index contributed by atoms with van der Waals surface area (Å²) in [5, 5.41) is 4.50. The first kappa shape index (κ1) is 18.5. The molecule has 150 valence electrons. The molecule has 0 amide bonds. The maximum Gasteiger partial charge on any atom is 0.279 e. The molecule has 1 unspecified atom stereocenters. The summed E-state index contributed by atoms with van der Waals surface area (Å²) in [6.45, 7) is 1.84. The van der Waals surface area contributed by atoms with Gasteiger partial charge in [0.25, 0.3) is 10.0 Å². The molecule has 4 aromatic rings. The number of sulfonamides is 1. The molecule has 5 rings (SSSR count). The first-order valence-corrected chi connectivity index (χ1v) is 10.9. The highest BCUT2D eigenvalue weighted by atomic mass is 32.2. The van der Waals surface area contributed by atoms with E-state index < -0.39 is 16.1 Å². The number of hydrazone groups is 1. The summed E-state index contributed by atoms with van der Waals surface area (Å²) in [5.41, 5.74) is 2.69. The van der Waals surface area contributed by atoms with Crippen molar-refractivity contribution in [1.29, 1.82) is 0 Å². The van der Waals surface area contributed by atoms with E-state index in [4.69, 9.17) is 4.42 Å². The number of rotatable bonds is 4. The van der Waals surface area contributed by atoms with Gasteiger partial charge in [-0.05, 0) is 37.3 Å². The smallest absolute Gasteiger partial charge is 0.279 e. The van der Waals surface area contributed by atoms with E-state index in [-0.39, 0.29) is 4.90 Å². The van der Waals surface area contributed by atoms with Crippen LogP contribution in [0, 0.1) is 6.92 Å². The van der Waals surface area contributed by atoms with Crippen LogP contribution in [0.3, 0.4) is 0 Å². The van der Waals surface area contributed by atoms with Crippen LogP contribution >= 0.6 is 0 Å². The van der Waals surface area contributed by atoms with Crippen molar-refractivity contribution in [2.75, 3.05) is 0 Å². The normalized spacial score (nSPS) is 16.8. The first-order valence-electron chi connectivity index (χ1n) is 9.47. The monoisotopic (exact) mass is 418 g/mol. The largest absolute Gasteiger partial charge is 0.460 e. The van der Waals surface area contributed by atoms with Crippen LogP contribution in [0.2, 0.25) is 0 Å². The molecule has 30 heavy (non-hydrogen) atoms. The molecule has 1 atom stereocenters. The van der Waals surface area contributed by atoms with E-state index in [1.807, 2.05) is 37.3 Å². The molecular formula is C22H18N4O3S. The molecule has 3 heterocycles. The highest BCUT2D eigenvalue weighted by molar-refractivity contribution is 7.89. The lowest BCUT2D eigenvalue weighted by Crippen LogP contribution is -2.27. The molecule has 7 nitrogen and oxygen atoms in total. The van der Waals surface area contributed by atoms with Crippen molar-refractivity contribution >= 4 is 26.8 Å². The Labute approximate surface area is 173 Å². The number of fused-ring (bicyclic) bond motifs is 1. The second-order valence-electron chi connectivity index (χ2n) is 7.04. The van der Waals surface area contributed by atoms with Gasteiger partial charge in [0, 0.05) is 24.4 Å². The topological polar surface area (TPSA) is 88.7 Å². The summed E-state index contributed by atoms with van der Waals surface area (Å²) >= 11 is 0. The van der Waals surface area contributed by atoms with Gasteiger partial charge in [0.2, 0.25) is 0 Å². The summed E-state index contributed by atoms with van der Waals surface area (Å²) in [4.78, 5) is 8.99. The van der Waals surface area contributed by atoms with Crippen molar-refractivity contribution in [2.24, 2.45) is 5.10 Å². The molecule has 8 heteroatoms. The van der Waals surface area contributed by atoms with E-state index in [9.17, 15) is 8.42 Å². The molecule has 0 bridgehead atoms. The van der Waals surface area contributed by atoms with Crippen LogP contribution in [0.15, 0.2) is 87.5 Å². The van der Waals surface area contributed by atoms with Crippen LogP contribution in [0.5, 0.6) is 0 Å². The van der Waals surface area contributed by atoms with Crippen molar-refractivity contribution in [3.8, 4) is 0 Å². The Morgan fingerprint density at radius 2 is 1.77 bits per heavy atom. The number of para-hydroxylation sites is 1. The zero-order valence-electron chi connectivity index (χ0n) is 16.1. The minimum Gasteiger partial charge on any atom is -0.460 e. The maximum absolute atomic E-state index is 13.5. The predicted octanol–water partition coefficient (Wildman–Crippen LogP) is 4.07. The van der Waals surface area contributed by atoms with E-state index in [1.54, 1.807) is 42.7 Å². The Balaban J connectivity index is 1.67. The average Bonchev–Trinajstić information content (AvgIpc) is 3.41. The van der Waals surface area contributed by atoms with Crippen LogP contribution in [0.25, 0.3) is 11.0 Å². The van der Waals surface area contributed by atoms with Gasteiger partial charge >= 0.3 is 0 Å². The van der Waals surface area contributed by atoms with E-state index in [0.29, 0.717) is 28.9 Å². The van der Waals surface area contributed by atoms with Gasteiger partial charge in [-0.2, -0.15) is 17.9 Å². The number of hydrogen-bond donors (Lipinski definition) is 0. The number of nitrogens with zero attached hydrogens (tertiary/aromatic N) is 4. The third kappa shape index (κ3) is 3.05.